The largest absolute Gasteiger partial charge is 0.383 e. The number of benzene rings is 1. The van der Waals surface area contributed by atoms with Crippen molar-refractivity contribution >= 4 is 17.4 Å². The van der Waals surface area contributed by atoms with E-state index in [-0.39, 0.29) is 11.4 Å². The monoisotopic (exact) mass is 269 g/mol. The molecule has 1 heterocycles. The van der Waals surface area contributed by atoms with Crippen LogP contribution in [0.5, 0.6) is 0 Å². The standard InChI is InChI=1S/C12H10ClF2N3/c13-6-3-9(12(17)18-5-6)11(16)8-2-1-7(14)4-10(8)15/h1-5,11H,16H2,(H2,17,18). The van der Waals surface area contributed by atoms with Crippen LogP contribution in [-0.2, 0) is 0 Å². The third-order valence-electron chi connectivity index (χ3n) is 2.55. The van der Waals surface area contributed by atoms with Crippen LogP contribution in [0, 0.1) is 11.6 Å². The molecule has 1 aromatic heterocycles. The Labute approximate surface area is 107 Å². The van der Waals surface area contributed by atoms with Gasteiger partial charge in [0.1, 0.15) is 17.5 Å². The first-order valence-corrected chi connectivity index (χ1v) is 5.48. The molecule has 18 heavy (non-hydrogen) atoms. The first-order valence-electron chi connectivity index (χ1n) is 5.10. The molecule has 0 spiro atoms. The molecular formula is C12H10ClF2N3. The average Bonchev–Trinajstić information content (AvgIpc) is 2.31. The molecule has 0 amide bonds. The van der Waals surface area contributed by atoms with Gasteiger partial charge < -0.3 is 11.5 Å². The number of nitrogens with zero attached hydrogens (tertiary/aromatic N) is 1. The molecule has 4 N–H and O–H groups in total. The molecule has 2 aromatic rings. The van der Waals surface area contributed by atoms with Crippen LogP contribution in [0.3, 0.4) is 0 Å². The Morgan fingerprint density at radius 3 is 2.56 bits per heavy atom. The van der Waals surface area contributed by atoms with Gasteiger partial charge in [-0.1, -0.05) is 17.7 Å². The summed E-state index contributed by atoms with van der Waals surface area (Å²) in [7, 11) is 0. The number of pyridine rings is 1. The quantitative estimate of drug-likeness (QED) is 0.881. The molecule has 0 saturated heterocycles. The zero-order valence-electron chi connectivity index (χ0n) is 9.20. The van der Waals surface area contributed by atoms with Crippen LogP contribution in [0.4, 0.5) is 14.6 Å². The molecule has 0 aliphatic carbocycles. The van der Waals surface area contributed by atoms with E-state index in [4.69, 9.17) is 23.1 Å². The lowest BCUT2D eigenvalue weighted by molar-refractivity contribution is 0.566. The number of aromatic nitrogens is 1. The van der Waals surface area contributed by atoms with Gasteiger partial charge in [-0.3, -0.25) is 0 Å². The van der Waals surface area contributed by atoms with Gasteiger partial charge in [-0.25, -0.2) is 13.8 Å². The minimum absolute atomic E-state index is 0.132. The summed E-state index contributed by atoms with van der Waals surface area (Å²) in [6.45, 7) is 0. The van der Waals surface area contributed by atoms with E-state index < -0.39 is 17.7 Å². The number of nitrogens with two attached hydrogens (primary N) is 2. The van der Waals surface area contributed by atoms with Crippen LogP contribution in [0.2, 0.25) is 5.02 Å². The maximum atomic E-state index is 13.6. The Morgan fingerprint density at radius 1 is 1.17 bits per heavy atom. The molecule has 0 saturated carbocycles. The van der Waals surface area contributed by atoms with Crippen molar-refractivity contribution in [3.8, 4) is 0 Å². The molecule has 0 fully saturated rings. The SMILES string of the molecule is Nc1ncc(Cl)cc1C(N)c1ccc(F)cc1F. The number of anilines is 1. The molecule has 0 aliphatic rings. The number of hydrogen-bond donors (Lipinski definition) is 2. The third-order valence-corrected chi connectivity index (χ3v) is 2.76. The van der Waals surface area contributed by atoms with Crippen molar-refractivity contribution in [2.75, 3.05) is 5.73 Å². The Hall–Kier alpha value is -1.72. The van der Waals surface area contributed by atoms with Crippen LogP contribution in [-0.4, -0.2) is 4.98 Å². The first kappa shape index (κ1) is 12.7. The van der Waals surface area contributed by atoms with Gasteiger partial charge in [0.25, 0.3) is 0 Å². The topological polar surface area (TPSA) is 64.9 Å². The molecule has 3 nitrogen and oxygen atoms in total. The summed E-state index contributed by atoms with van der Waals surface area (Å²) < 4.78 is 26.4. The normalized spacial score (nSPS) is 12.4. The fourth-order valence-corrected chi connectivity index (χ4v) is 1.80. The van der Waals surface area contributed by atoms with Gasteiger partial charge in [-0.15, -0.1) is 0 Å². The summed E-state index contributed by atoms with van der Waals surface area (Å²) in [5.41, 5.74) is 12.1. The predicted octanol–water partition coefficient (Wildman–Crippen LogP) is 2.64. The molecule has 1 unspecified atom stereocenters. The van der Waals surface area contributed by atoms with Gasteiger partial charge >= 0.3 is 0 Å². The van der Waals surface area contributed by atoms with Crippen molar-refractivity contribution in [2.45, 2.75) is 6.04 Å². The Morgan fingerprint density at radius 2 is 1.89 bits per heavy atom. The van der Waals surface area contributed by atoms with Crippen LogP contribution >= 0.6 is 11.6 Å². The highest BCUT2D eigenvalue weighted by molar-refractivity contribution is 6.30. The molecule has 1 atom stereocenters. The summed E-state index contributed by atoms with van der Waals surface area (Å²) in [5.74, 6) is -1.24. The summed E-state index contributed by atoms with van der Waals surface area (Å²) in [4.78, 5) is 3.84. The molecule has 0 bridgehead atoms. The average molecular weight is 270 g/mol. The lowest BCUT2D eigenvalue weighted by Gasteiger charge is -2.15. The van der Waals surface area contributed by atoms with E-state index in [9.17, 15) is 8.78 Å². The highest BCUT2D eigenvalue weighted by Gasteiger charge is 2.17. The van der Waals surface area contributed by atoms with Crippen molar-refractivity contribution in [2.24, 2.45) is 5.73 Å². The number of hydrogen-bond acceptors (Lipinski definition) is 3. The van der Waals surface area contributed by atoms with Crippen LogP contribution in [0.15, 0.2) is 30.5 Å². The van der Waals surface area contributed by atoms with Crippen molar-refractivity contribution in [1.82, 2.24) is 4.98 Å². The fraction of sp³-hybridized carbons (Fsp3) is 0.0833. The van der Waals surface area contributed by atoms with Crippen LogP contribution < -0.4 is 11.5 Å². The van der Waals surface area contributed by atoms with E-state index in [0.29, 0.717) is 10.6 Å². The number of rotatable bonds is 2. The maximum absolute atomic E-state index is 13.6. The smallest absolute Gasteiger partial charge is 0.131 e. The molecule has 6 heteroatoms. The second-order valence-electron chi connectivity index (χ2n) is 3.77. The maximum Gasteiger partial charge on any atom is 0.131 e. The first-order chi connectivity index (χ1) is 8.49. The summed E-state index contributed by atoms with van der Waals surface area (Å²) >= 11 is 5.79. The molecule has 2 rings (SSSR count). The zero-order valence-corrected chi connectivity index (χ0v) is 9.96. The molecular weight excluding hydrogens is 260 g/mol. The third kappa shape index (κ3) is 2.42. The lowest BCUT2D eigenvalue weighted by atomic mass is 9.99. The van der Waals surface area contributed by atoms with Gasteiger partial charge in [0, 0.05) is 23.4 Å². The second kappa shape index (κ2) is 4.88. The molecule has 1 aromatic carbocycles. The van der Waals surface area contributed by atoms with Gasteiger partial charge in [-0.2, -0.15) is 0 Å². The van der Waals surface area contributed by atoms with E-state index in [0.717, 1.165) is 12.1 Å². The van der Waals surface area contributed by atoms with Crippen molar-refractivity contribution in [3.63, 3.8) is 0 Å². The van der Waals surface area contributed by atoms with Gasteiger partial charge in [0.2, 0.25) is 0 Å². The fourth-order valence-electron chi connectivity index (χ4n) is 1.64. The van der Waals surface area contributed by atoms with E-state index in [1.807, 2.05) is 0 Å². The van der Waals surface area contributed by atoms with E-state index in [1.165, 1.54) is 18.3 Å². The zero-order chi connectivity index (χ0) is 13.3. The second-order valence-corrected chi connectivity index (χ2v) is 4.21. The summed E-state index contributed by atoms with van der Waals surface area (Å²) in [6.07, 6.45) is 1.37. The highest BCUT2D eigenvalue weighted by Crippen LogP contribution is 2.27. The van der Waals surface area contributed by atoms with E-state index >= 15 is 0 Å². The number of nitrogen functional groups attached to an aromatic ring is 1. The molecule has 0 aliphatic heterocycles. The minimum Gasteiger partial charge on any atom is -0.383 e. The van der Waals surface area contributed by atoms with Gasteiger partial charge in [-0.05, 0) is 12.1 Å². The van der Waals surface area contributed by atoms with Crippen LogP contribution in [0.1, 0.15) is 17.2 Å². The number of halogens is 3. The van der Waals surface area contributed by atoms with Crippen molar-refractivity contribution in [3.05, 3.63) is 58.2 Å². The van der Waals surface area contributed by atoms with Crippen molar-refractivity contribution in [1.29, 1.82) is 0 Å². The van der Waals surface area contributed by atoms with E-state index in [2.05, 4.69) is 4.98 Å². The minimum atomic E-state index is -0.850. The Balaban J connectivity index is 2.47. The molecule has 0 radical (unpaired) electrons. The highest BCUT2D eigenvalue weighted by atomic mass is 35.5. The Bertz CT molecular complexity index is 590. The van der Waals surface area contributed by atoms with Crippen LogP contribution in [0.25, 0.3) is 0 Å². The van der Waals surface area contributed by atoms with E-state index in [1.54, 1.807) is 0 Å². The van der Waals surface area contributed by atoms with Crippen molar-refractivity contribution < 1.29 is 8.78 Å². The molecule has 94 valence electrons. The van der Waals surface area contributed by atoms with Gasteiger partial charge in [0.15, 0.2) is 0 Å². The predicted molar refractivity (Wildman–Crippen MR) is 66.0 cm³/mol. The lowest BCUT2D eigenvalue weighted by Crippen LogP contribution is -2.16. The Kier molecular flexibility index (Phi) is 3.45. The summed E-state index contributed by atoms with van der Waals surface area (Å²) in [5, 5.41) is 0.345. The van der Waals surface area contributed by atoms with Gasteiger partial charge in [0.05, 0.1) is 11.1 Å². The summed E-state index contributed by atoms with van der Waals surface area (Å²) in [6, 6.07) is 3.83.